The van der Waals surface area contributed by atoms with Crippen molar-refractivity contribution in [3.05, 3.63) is 29.3 Å². The van der Waals surface area contributed by atoms with Gasteiger partial charge in [0.05, 0.1) is 7.11 Å². The van der Waals surface area contributed by atoms with E-state index in [2.05, 4.69) is 0 Å². The van der Waals surface area contributed by atoms with E-state index in [0.717, 1.165) is 5.56 Å². The number of ether oxygens (including phenoxy) is 1. The maximum atomic E-state index is 11.0. The zero-order valence-corrected chi connectivity index (χ0v) is 13.2. The molecule has 0 aromatic heterocycles. The van der Waals surface area contributed by atoms with Gasteiger partial charge in [-0.05, 0) is 36.1 Å². The van der Waals surface area contributed by atoms with Gasteiger partial charge in [0.2, 0.25) is 0 Å². The molecule has 1 aliphatic rings. The first-order valence-electron chi connectivity index (χ1n) is 5.19. The number of rotatable bonds is 2. The van der Waals surface area contributed by atoms with Crippen LogP contribution in [0, 0.1) is 0 Å². The Bertz CT molecular complexity index is 542. The van der Waals surface area contributed by atoms with Crippen LogP contribution < -0.4 is 34.3 Å². The maximum Gasteiger partial charge on any atom is 1.00 e. The molecule has 1 aromatic carbocycles. The quantitative estimate of drug-likeness (QED) is 0.475. The smallest absolute Gasteiger partial charge is 0.746 e. The normalized spacial score (nSPS) is 22.8. The summed E-state index contributed by atoms with van der Waals surface area (Å²) in [5.74, 6) is 0.580. The Balaban J connectivity index is 0.00000162. The zero-order chi connectivity index (χ0) is 12.7. The Hall–Kier alpha value is -0.110. The predicted molar refractivity (Wildman–Crippen MR) is 59.7 cm³/mol. The van der Waals surface area contributed by atoms with E-state index in [0.29, 0.717) is 17.7 Å². The van der Waals surface area contributed by atoms with E-state index in [-0.39, 0.29) is 42.4 Å². The molecular formula is C11H13NaO5S. The molecule has 0 spiro atoms. The van der Waals surface area contributed by atoms with Crippen molar-refractivity contribution in [2.24, 2.45) is 0 Å². The second-order valence-corrected chi connectivity index (χ2v) is 5.88. The van der Waals surface area contributed by atoms with E-state index in [4.69, 9.17) is 4.74 Å². The molecule has 0 aliphatic heterocycles. The van der Waals surface area contributed by atoms with Gasteiger partial charge >= 0.3 is 29.6 Å². The van der Waals surface area contributed by atoms with Crippen molar-refractivity contribution < 1.29 is 52.4 Å². The fraction of sp³-hybridized carbons (Fsp3) is 0.455. The van der Waals surface area contributed by atoms with Crippen molar-refractivity contribution >= 4 is 10.1 Å². The first kappa shape index (κ1) is 15.9. The Morgan fingerprint density at radius 1 is 1.39 bits per heavy atom. The summed E-state index contributed by atoms with van der Waals surface area (Å²) in [6, 6.07) is 5.25. The van der Waals surface area contributed by atoms with E-state index in [1.54, 1.807) is 12.1 Å². The number of aliphatic hydroxyl groups is 1. The molecule has 94 valence electrons. The summed E-state index contributed by atoms with van der Waals surface area (Å²) in [7, 11) is -3.22. The summed E-state index contributed by atoms with van der Waals surface area (Å²) >= 11 is 0. The van der Waals surface area contributed by atoms with Gasteiger partial charge in [-0.2, -0.15) is 0 Å². The van der Waals surface area contributed by atoms with E-state index in [1.165, 1.54) is 7.11 Å². The third-order valence-electron chi connectivity index (χ3n) is 3.13. The summed E-state index contributed by atoms with van der Waals surface area (Å²) in [5.41, 5.74) is 1.59. The van der Waals surface area contributed by atoms with Crippen LogP contribution in [0.2, 0.25) is 0 Å². The molecule has 5 nitrogen and oxygen atoms in total. The molecule has 1 aliphatic carbocycles. The van der Waals surface area contributed by atoms with Crippen molar-refractivity contribution in [3.8, 4) is 5.75 Å². The number of hydrogen-bond donors (Lipinski definition) is 1. The molecule has 0 saturated heterocycles. The number of methoxy groups -OCH3 is 1. The SMILES string of the molecule is COc1ccc2c(c1)CC(O)(S(=O)(=O)[O-])CC2.[Na+]. The van der Waals surface area contributed by atoms with Gasteiger partial charge in [0.15, 0.2) is 4.93 Å². The Morgan fingerprint density at radius 2 is 2.06 bits per heavy atom. The molecule has 0 bridgehead atoms. The van der Waals surface area contributed by atoms with Crippen LogP contribution in [0.15, 0.2) is 18.2 Å². The average molecular weight is 280 g/mol. The molecule has 1 N–H and O–H groups in total. The van der Waals surface area contributed by atoms with E-state index in [1.807, 2.05) is 6.07 Å². The van der Waals surface area contributed by atoms with Crippen LogP contribution in [0.25, 0.3) is 0 Å². The van der Waals surface area contributed by atoms with Crippen LogP contribution in [-0.2, 0) is 23.0 Å². The van der Waals surface area contributed by atoms with Gasteiger partial charge in [0, 0.05) is 6.42 Å². The van der Waals surface area contributed by atoms with Gasteiger partial charge in [-0.3, -0.25) is 0 Å². The molecule has 18 heavy (non-hydrogen) atoms. The molecule has 1 atom stereocenters. The Morgan fingerprint density at radius 3 is 2.61 bits per heavy atom. The fourth-order valence-corrected chi connectivity index (χ4v) is 2.75. The second kappa shape index (κ2) is 5.48. The molecule has 0 amide bonds. The summed E-state index contributed by atoms with van der Waals surface area (Å²) in [4.78, 5) is -2.19. The Kier molecular flexibility index (Phi) is 4.86. The first-order chi connectivity index (χ1) is 7.86. The van der Waals surface area contributed by atoms with Crippen molar-refractivity contribution in [3.63, 3.8) is 0 Å². The van der Waals surface area contributed by atoms with Gasteiger partial charge in [0.1, 0.15) is 15.9 Å². The minimum absolute atomic E-state index is 0. The van der Waals surface area contributed by atoms with Crippen molar-refractivity contribution in [1.82, 2.24) is 0 Å². The average Bonchev–Trinajstić information content (AvgIpc) is 2.26. The molecular weight excluding hydrogens is 267 g/mol. The molecule has 1 unspecified atom stereocenters. The first-order valence-corrected chi connectivity index (χ1v) is 6.60. The summed E-state index contributed by atoms with van der Waals surface area (Å²) in [6.07, 6.45) is 0.140. The maximum absolute atomic E-state index is 11.0. The largest absolute Gasteiger partial charge is 1.00 e. The molecule has 0 heterocycles. The van der Waals surface area contributed by atoms with Crippen LogP contribution >= 0.6 is 0 Å². The standard InChI is InChI=1S/C11H14O5S.Na/c1-16-10-3-2-8-4-5-11(12,17(13,14)15)7-9(8)6-10;/h2-3,6,12H,4-5,7H2,1H3,(H,13,14,15);/q;+1/p-1. The third kappa shape index (κ3) is 2.89. The third-order valence-corrected chi connectivity index (χ3v) is 4.41. The van der Waals surface area contributed by atoms with E-state index >= 15 is 0 Å². The number of fused-ring (bicyclic) bond motifs is 1. The minimum Gasteiger partial charge on any atom is -0.746 e. The number of benzene rings is 1. The topological polar surface area (TPSA) is 86.7 Å². The van der Waals surface area contributed by atoms with Crippen molar-refractivity contribution in [2.45, 2.75) is 24.2 Å². The number of hydrogen-bond acceptors (Lipinski definition) is 5. The predicted octanol–water partition coefficient (Wildman–Crippen LogP) is -2.58. The van der Waals surface area contributed by atoms with Gasteiger partial charge in [-0.25, -0.2) is 8.42 Å². The summed E-state index contributed by atoms with van der Waals surface area (Å²) in [6.45, 7) is 0. The van der Waals surface area contributed by atoms with Gasteiger partial charge in [0.25, 0.3) is 0 Å². The van der Waals surface area contributed by atoms with Gasteiger partial charge < -0.3 is 14.4 Å². The fourth-order valence-electron chi connectivity index (χ4n) is 2.07. The summed E-state index contributed by atoms with van der Waals surface area (Å²) in [5, 5.41) is 9.88. The molecule has 0 radical (unpaired) electrons. The zero-order valence-electron chi connectivity index (χ0n) is 10.3. The molecule has 0 fully saturated rings. The second-order valence-electron chi connectivity index (χ2n) is 4.21. The van der Waals surface area contributed by atoms with E-state index in [9.17, 15) is 18.1 Å². The molecule has 0 saturated carbocycles. The van der Waals surface area contributed by atoms with Crippen LogP contribution in [0.5, 0.6) is 5.75 Å². The van der Waals surface area contributed by atoms with Crippen molar-refractivity contribution in [1.29, 1.82) is 0 Å². The van der Waals surface area contributed by atoms with Gasteiger partial charge in [-0.1, -0.05) is 6.07 Å². The van der Waals surface area contributed by atoms with Gasteiger partial charge in [-0.15, -0.1) is 0 Å². The van der Waals surface area contributed by atoms with Crippen molar-refractivity contribution in [2.75, 3.05) is 7.11 Å². The van der Waals surface area contributed by atoms with Crippen LogP contribution in [0.1, 0.15) is 17.5 Å². The van der Waals surface area contributed by atoms with Crippen LogP contribution in [0.3, 0.4) is 0 Å². The van der Waals surface area contributed by atoms with E-state index < -0.39 is 15.1 Å². The molecule has 2 rings (SSSR count). The molecule has 1 aromatic rings. The van der Waals surface area contributed by atoms with Crippen LogP contribution in [-0.4, -0.2) is 30.1 Å². The Labute approximate surface area is 128 Å². The van der Waals surface area contributed by atoms with Crippen LogP contribution in [0.4, 0.5) is 0 Å². The monoisotopic (exact) mass is 280 g/mol. The number of aryl methyl sites for hydroxylation is 1. The summed E-state index contributed by atoms with van der Waals surface area (Å²) < 4.78 is 38.1. The molecule has 7 heteroatoms. The minimum atomic E-state index is -4.72.